The highest BCUT2D eigenvalue weighted by atomic mass is 19.1. The van der Waals surface area contributed by atoms with Crippen molar-refractivity contribution >= 4 is 0 Å². The van der Waals surface area contributed by atoms with Gasteiger partial charge in [-0.3, -0.25) is 0 Å². The number of rotatable bonds is 7. The zero-order chi connectivity index (χ0) is 15.2. The van der Waals surface area contributed by atoms with E-state index >= 15 is 0 Å². The molecule has 0 saturated heterocycles. The van der Waals surface area contributed by atoms with Crippen molar-refractivity contribution in [1.29, 1.82) is 0 Å². The Labute approximate surface area is 124 Å². The van der Waals surface area contributed by atoms with E-state index in [0.29, 0.717) is 24.1 Å². The second kappa shape index (κ2) is 7.22. The number of nitrogens with one attached hydrogen (secondary N) is 1. The van der Waals surface area contributed by atoms with E-state index in [1.165, 1.54) is 12.1 Å². The minimum Gasteiger partial charge on any atom is -0.439 e. The zero-order valence-electron chi connectivity index (χ0n) is 12.8. The predicted octanol–water partition coefficient (Wildman–Crippen LogP) is 3.58. The van der Waals surface area contributed by atoms with Crippen LogP contribution in [0.4, 0.5) is 4.39 Å². The average molecular weight is 291 g/mol. The van der Waals surface area contributed by atoms with Crippen LogP contribution >= 0.6 is 0 Å². The van der Waals surface area contributed by atoms with Gasteiger partial charge in [0.2, 0.25) is 5.88 Å². The van der Waals surface area contributed by atoms with E-state index in [1.807, 2.05) is 17.8 Å². The molecule has 0 fully saturated rings. The molecule has 1 aromatic heterocycles. The van der Waals surface area contributed by atoms with Crippen LogP contribution < -0.4 is 10.1 Å². The molecule has 2 rings (SSSR count). The summed E-state index contributed by atoms with van der Waals surface area (Å²) in [4.78, 5) is 0. The molecule has 0 radical (unpaired) electrons. The minimum atomic E-state index is -0.272. The van der Waals surface area contributed by atoms with E-state index in [4.69, 9.17) is 4.74 Å². The molecule has 114 valence electrons. The lowest BCUT2D eigenvalue weighted by atomic mass is 10.1. The summed E-state index contributed by atoms with van der Waals surface area (Å²) in [5.74, 6) is 1.62. The van der Waals surface area contributed by atoms with Crippen LogP contribution in [-0.2, 0) is 13.1 Å². The van der Waals surface area contributed by atoms with Crippen LogP contribution in [0.3, 0.4) is 0 Å². The Morgan fingerprint density at radius 2 is 2.00 bits per heavy atom. The van der Waals surface area contributed by atoms with Crippen LogP contribution in [-0.4, -0.2) is 16.8 Å². The van der Waals surface area contributed by atoms with Gasteiger partial charge in [0.05, 0.1) is 5.69 Å². The van der Waals surface area contributed by atoms with Crippen LogP contribution in [0.25, 0.3) is 0 Å². The molecule has 5 heteroatoms. The van der Waals surface area contributed by atoms with Crippen molar-refractivity contribution in [3.8, 4) is 11.6 Å². The van der Waals surface area contributed by atoms with Gasteiger partial charge < -0.3 is 10.1 Å². The fourth-order valence-corrected chi connectivity index (χ4v) is 1.96. The van der Waals surface area contributed by atoms with Gasteiger partial charge in [-0.05, 0) is 43.7 Å². The van der Waals surface area contributed by atoms with Crippen molar-refractivity contribution in [3.63, 3.8) is 0 Å². The third kappa shape index (κ3) is 4.56. The second-order valence-electron chi connectivity index (χ2n) is 5.47. The van der Waals surface area contributed by atoms with E-state index < -0.39 is 0 Å². The van der Waals surface area contributed by atoms with Crippen molar-refractivity contribution in [2.24, 2.45) is 5.92 Å². The van der Waals surface area contributed by atoms with Crippen LogP contribution in [0.1, 0.15) is 26.0 Å². The summed E-state index contributed by atoms with van der Waals surface area (Å²) >= 11 is 0. The number of aryl methyl sites for hydroxylation is 1. The molecule has 1 heterocycles. The average Bonchev–Trinajstić information content (AvgIpc) is 2.81. The van der Waals surface area contributed by atoms with Crippen LogP contribution in [0.2, 0.25) is 0 Å². The second-order valence-corrected chi connectivity index (χ2v) is 5.47. The number of aromatic nitrogens is 2. The Bertz CT molecular complexity index is 563. The summed E-state index contributed by atoms with van der Waals surface area (Å²) in [6.45, 7) is 5.85. The first kappa shape index (κ1) is 15.5. The molecule has 0 spiro atoms. The topological polar surface area (TPSA) is 39.1 Å². The van der Waals surface area contributed by atoms with E-state index in [2.05, 4.69) is 24.3 Å². The van der Waals surface area contributed by atoms with Gasteiger partial charge in [0, 0.05) is 19.2 Å². The lowest BCUT2D eigenvalue weighted by molar-refractivity contribution is 0.389. The quantitative estimate of drug-likeness (QED) is 0.847. The lowest BCUT2D eigenvalue weighted by Crippen LogP contribution is -2.08. The molecule has 0 aliphatic heterocycles. The number of halogens is 1. The lowest BCUT2D eigenvalue weighted by Gasteiger charge is -2.10. The Morgan fingerprint density at radius 1 is 1.29 bits per heavy atom. The van der Waals surface area contributed by atoms with Gasteiger partial charge in [0.1, 0.15) is 11.6 Å². The van der Waals surface area contributed by atoms with E-state index in [-0.39, 0.29) is 5.82 Å². The van der Waals surface area contributed by atoms with E-state index in [9.17, 15) is 4.39 Å². The molecule has 21 heavy (non-hydrogen) atoms. The molecule has 0 bridgehead atoms. The van der Waals surface area contributed by atoms with E-state index in [0.717, 1.165) is 18.7 Å². The summed E-state index contributed by atoms with van der Waals surface area (Å²) in [5.41, 5.74) is 0.929. The Morgan fingerprint density at radius 3 is 2.62 bits per heavy atom. The van der Waals surface area contributed by atoms with Gasteiger partial charge in [0.25, 0.3) is 0 Å². The van der Waals surface area contributed by atoms with Crippen molar-refractivity contribution in [3.05, 3.63) is 41.8 Å². The molecule has 0 aliphatic carbocycles. The standard InChI is InChI=1S/C16H22FN3O/c1-12(2)8-9-20-16(10-14(19-20)11-18-3)21-15-6-4-13(17)5-7-15/h4-7,10,12,18H,8-9,11H2,1-3H3. The Kier molecular flexibility index (Phi) is 5.33. The van der Waals surface area contributed by atoms with Gasteiger partial charge in [0.15, 0.2) is 0 Å². The van der Waals surface area contributed by atoms with Crippen LogP contribution in [0.5, 0.6) is 11.6 Å². The van der Waals surface area contributed by atoms with Gasteiger partial charge in [-0.15, -0.1) is 0 Å². The van der Waals surface area contributed by atoms with Crippen molar-refractivity contribution in [2.45, 2.75) is 33.4 Å². The number of ether oxygens (including phenoxy) is 1. The van der Waals surface area contributed by atoms with Gasteiger partial charge in [-0.25, -0.2) is 9.07 Å². The fraction of sp³-hybridized carbons (Fsp3) is 0.438. The molecule has 2 aromatic rings. The van der Waals surface area contributed by atoms with E-state index in [1.54, 1.807) is 12.1 Å². The summed E-state index contributed by atoms with van der Waals surface area (Å²) in [6, 6.07) is 7.93. The van der Waals surface area contributed by atoms with Gasteiger partial charge in [-0.2, -0.15) is 5.10 Å². The minimum absolute atomic E-state index is 0.272. The highest BCUT2D eigenvalue weighted by molar-refractivity contribution is 5.28. The van der Waals surface area contributed by atoms with Gasteiger partial charge >= 0.3 is 0 Å². The third-order valence-corrected chi connectivity index (χ3v) is 3.11. The van der Waals surface area contributed by atoms with Gasteiger partial charge in [-0.1, -0.05) is 13.8 Å². The highest BCUT2D eigenvalue weighted by Crippen LogP contribution is 2.23. The first-order valence-electron chi connectivity index (χ1n) is 7.23. The first-order chi connectivity index (χ1) is 10.1. The van der Waals surface area contributed by atoms with Crippen molar-refractivity contribution in [1.82, 2.24) is 15.1 Å². The molecular formula is C16H22FN3O. The number of nitrogens with zero attached hydrogens (tertiary/aromatic N) is 2. The largest absolute Gasteiger partial charge is 0.439 e. The summed E-state index contributed by atoms with van der Waals surface area (Å²) < 4.78 is 20.6. The summed E-state index contributed by atoms with van der Waals surface area (Å²) in [6.07, 6.45) is 1.03. The Hall–Kier alpha value is -1.88. The van der Waals surface area contributed by atoms with Crippen molar-refractivity contribution < 1.29 is 9.13 Å². The smallest absolute Gasteiger partial charge is 0.218 e. The fourth-order valence-electron chi connectivity index (χ4n) is 1.96. The molecule has 0 aliphatic rings. The first-order valence-corrected chi connectivity index (χ1v) is 7.23. The molecule has 0 amide bonds. The maximum atomic E-state index is 12.9. The van der Waals surface area contributed by atoms with Crippen LogP contribution in [0, 0.1) is 11.7 Å². The molecule has 4 nitrogen and oxygen atoms in total. The number of benzene rings is 1. The molecular weight excluding hydrogens is 269 g/mol. The molecule has 0 unspecified atom stereocenters. The highest BCUT2D eigenvalue weighted by Gasteiger charge is 2.10. The third-order valence-electron chi connectivity index (χ3n) is 3.11. The molecule has 0 saturated carbocycles. The maximum Gasteiger partial charge on any atom is 0.218 e. The van der Waals surface area contributed by atoms with Crippen LogP contribution in [0.15, 0.2) is 30.3 Å². The predicted molar refractivity (Wildman–Crippen MR) is 80.9 cm³/mol. The normalized spacial score (nSPS) is 11.1. The number of hydrogen-bond acceptors (Lipinski definition) is 3. The molecule has 0 atom stereocenters. The van der Waals surface area contributed by atoms with Crippen molar-refractivity contribution in [2.75, 3.05) is 7.05 Å². The SMILES string of the molecule is CNCc1cc(Oc2ccc(F)cc2)n(CCC(C)C)n1. The zero-order valence-corrected chi connectivity index (χ0v) is 12.8. The molecule has 1 N–H and O–H groups in total. The maximum absolute atomic E-state index is 12.9. The monoisotopic (exact) mass is 291 g/mol. The Balaban J connectivity index is 2.16. The summed E-state index contributed by atoms with van der Waals surface area (Å²) in [7, 11) is 1.88. The number of hydrogen-bond donors (Lipinski definition) is 1. The summed E-state index contributed by atoms with van der Waals surface area (Å²) in [5, 5.41) is 7.62. The molecule has 1 aromatic carbocycles.